The van der Waals surface area contributed by atoms with Crippen molar-refractivity contribution in [3.63, 3.8) is 0 Å². The Balaban J connectivity index is 1.85. The molecule has 0 bridgehead atoms. The first-order valence-electron chi connectivity index (χ1n) is 8.58. The minimum atomic E-state index is -3.71. The van der Waals surface area contributed by atoms with Crippen LogP contribution in [0.1, 0.15) is 28.3 Å². The molecular formula is C19H22N6O2S. The Labute approximate surface area is 164 Å². The van der Waals surface area contributed by atoms with E-state index in [1.165, 1.54) is 12.1 Å². The van der Waals surface area contributed by atoms with Crippen LogP contribution in [0.5, 0.6) is 0 Å². The first-order valence-corrected chi connectivity index (χ1v) is 10.1. The third-order valence-corrected chi connectivity index (χ3v) is 5.17. The fourth-order valence-electron chi connectivity index (χ4n) is 3.04. The summed E-state index contributed by atoms with van der Waals surface area (Å²) in [4.78, 5) is 8.65. The van der Waals surface area contributed by atoms with Crippen molar-refractivity contribution in [2.45, 2.75) is 32.6 Å². The van der Waals surface area contributed by atoms with E-state index in [2.05, 4.69) is 20.5 Å². The molecule has 2 heterocycles. The zero-order valence-electron chi connectivity index (χ0n) is 16.1. The molecule has 0 unspecified atom stereocenters. The Morgan fingerprint density at radius 1 is 1.04 bits per heavy atom. The average Bonchev–Trinajstić information content (AvgIpc) is 2.87. The summed E-state index contributed by atoms with van der Waals surface area (Å²) in [6.45, 7) is 7.74. The summed E-state index contributed by atoms with van der Waals surface area (Å²) in [5.74, 6) is 0.446. The lowest BCUT2D eigenvalue weighted by Gasteiger charge is -2.10. The first kappa shape index (κ1) is 19.7. The zero-order valence-corrected chi connectivity index (χ0v) is 16.9. The second-order valence-electron chi connectivity index (χ2n) is 6.55. The number of rotatable bonds is 5. The summed E-state index contributed by atoms with van der Waals surface area (Å²) >= 11 is 0. The predicted molar refractivity (Wildman–Crippen MR) is 109 cm³/mol. The van der Waals surface area contributed by atoms with Crippen LogP contribution in [0, 0.1) is 27.7 Å². The Hall–Kier alpha value is -3.04. The van der Waals surface area contributed by atoms with Gasteiger partial charge in [-0.15, -0.1) is 0 Å². The largest absolute Gasteiger partial charge is 0.318 e. The van der Waals surface area contributed by atoms with E-state index >= 15 is 0 Å². The molecule has 3 aromatic rings. The van der Waals surface area contributed by atoms with Crippen LogP contribution in [0.25, 0.3) is 5.69 Å². The SMILES string of the molecule is Cc1cc(C)nc(N/N=C/c2cc(C)n(-c3ccc(S(N)(=O)=O)cc3)c2C)n1. The number of benzene rings is 1. The van der Waals surface area contributed by atoms with Crippen LogP contribution >= 0.6 is 0 Å². The highest BCUT2D eigenvalue weighted by atomic mass is 32.2. The van der Waals surface area contributed by atoms with Crippen LogP contribution in [-0.4, -0.2) is 29.2 Å². The number of hydrazone groups is 1. The maximum absolute atomic E-state index is 11.4. The van der Waals surface area contributed by atoms with Crippen molar-refractivity contribution in [3.05, 3.63) is 64.7 Å². The van der Waals surface area contributed by atoms with E-state index < -0.39 is 10.0 Å². The normalized spacial score (nSPS) is 11.9. The lowest BCUT2D eigenvalue weighted by Crippen LogP contribution is -2.12. The molecule has 0 saturated carbocycles. The maximum Gasteiger partial charge on any atom is 0.243 e. The molecule has 0 spiro atoms. The average molecular weight is 398 g/mol. The van der Waals surface area contributed by atoms with Crippen LogP contribution in [0.15, 0.2) is 46.4 Å². The van der Waals surface area contributed by atoms with Crippen molar-refractivity contribution in [2.24, 2.45) is 10.2 Å². The molecule has 0 atom stereocenters. The summed E-state index contributed by atoms with van der Waals surface area (Å²) < 4.78 is 24.9. The van der Waals surface area contributed by atoms with Gasteiger partial charge >= 0.3 is 0 Å². The smallest absolute Gasteiger partial charge is 0.243 e. The predicted octanol–water partition coefficient (Wildman–Crippen LogP) is 2.59. The maximum atomic E-state index is 11.4. The van der Waals surface area contributed by atoms with E-state index in [9.17, 15) is 8.42 Å². The second kappa shape index (κ2) is 7.53. The van der Waals surface area contributed by atoms with Crippen molar-refractivity contribution in [2.75, 3.05) is 5.43 Å². The fourth-order valence-corrected chi connectivity index (χ4v) is 3.55. The van der Waals surface area contributed by atoms with Crippen LogP contribution in [0.2, 0.25) is 0 Å². The molecule has 0 aliphatic carbocycles. The summed E-state index contributed by atoms with van der Waals surface area (Å²) in [5.41, 5.74) is 8.30. The van der Waals surface area contributed by atoms with Gasteiger partial charge in [-0.1, -0.05) is 0 Å². The standard InChI is InChI=1S/C19H22N6O2S/c1-12-9-13(2)23-19(22-12)24-21-11-16-10-14(3)25(15(16)4)17-5-7-18(8-6-17)28(20,26)27/h5-11H,1-4H3,(H2,20,26,27)(H,22,23,24)/b21-11+. The molecule has 3 rings (SSSR count). The van der Waals surface area contributed by atoms with E-state index in [-0.39, 0.29) is 4.90 Å². The molecule has 3 N–H and O–H groups in total. The first-order chi connectivity index (χ1) is 13.1. The van der Waals surface area contributed by atoms with Crippen LogP contribution in [-0.2, 0) is 10.0 Å². The Kier molecular flexibility index (Phi) is 5.30. The number of nitrogens with one attached hydrogen (secondary N) is 1. The zero-order chi connectivity index (χ0) is 20.5. The number of aromatic nitrogens is 3. The topological polar surface area (TPSA) is 115 Å². The molecule has 9 heteroatoms. The quantitative estimate of drug-likeness (QED) is 0.506. The van der Waals surface area contributed by atoms with E-state index in [1.807, 2.05) is 44.4 Å². The number of nitrogens with two attached hydrogens (primary N) is 1. The molecule has 0 aliphatic heterocycles. The molecular weight excluding hydrogens is 376 g/mol. The van der Waals surface area contributed by atoms with Gasteiger partial charge in [0.2, 0.25) is 16.0 Å². The number of primary sulfonamides is 1. The number of hydrogen-bond donors (Lipinski definition) is 2. The number of aryl methyl sites for hydroxylation is 3. The monoisotopic (exact) mass is 398 g/mol. The Bertz CT molecular complexity index is 1130. The van der Waals surface area contributed by atoms with Crippen molar-refractivity contribution in [3.8, 4) is 5.69 Å². The number of nitrogens with zero attached hydrogens (tertiary/aromatic N) is 4. The number of anilines is 1. The summed E-state index contributed by atoms with van der Waals surface area (Å²) in [7, 11) is -3.71. The Morgan fingerprint density at radius 3 is 2.21 bits per heavy atom. The molecule has 0 amide bonds. The van der Waals surface area contributed by atoms with E-state index in [4.69, 9.17) is 5.14 Å². The van der Waals surface area contributed by atoms with E-state index in [0.717, 1.165) is 34.0 Å². The van der Waals surface area contributed by atoms with Gasteiger partial charge in [-0.2, -0.15) is 5.10 Å². The second-order valence-corrected chi connectivity index (χ2v) is 8.11. The number of hydrogen-bond acceptors (Lipinski definition) is 6. The molecule has 0 radical (unpaired) electrons. The molecule has 0 aliphatic rings. The van der Waals surface area contributed by atoms with Crippen molar-refractivity contribution in [1.29, 1.82) is 0 Å². The summed E-state index contributed by atoms with van der Waals surface area (Å²) in [5, 5.41) is 9.40. The van der Waals surface area contributed by atoms with Crippen molar-refractivity contribution >= 4 is 22.2 Å². The van der Waals surface area contributed by atoms with Gasteiger partial charge in [-0.25, -0.2) is 29.0 Å². The molecule has 0 fully saturated rings. The van der Waals surface area contributed by atoms with Gasteiger partial charge in [0.15, 0.2) is 0 Å². The lowest BCUT2D eigenvalue weighted by molar-refractivity contribution is 0.598. The highest BCUT2D eigenvalue weighted by molar-refractivity contribution is 7.89. The van der Waals surface area contributed by atoms with E-state index in [0.29, 0.717) is 5.95 Å². The molecule has 8 nitrogen and oxygen atoms in total. The molecule has 2 aromatic heterocycles. The minimum absolute atomic E-state index is 0.0816. The van der Waals surface area contributed by atoms with Gasteiger partial charge in [0.25, 0.3) is 0 Å². The van der Waals surface area contributed by atoms with Gasteiger partial charge in [0.1, 0.15) is 0 Å². The van der Waals surface area contributed by atoms with E-state index in [1.54, 1.807) is 18.3 Å². The minimum Gasteiger partial charge on any atom is -0.318 e. The number of sulfonamides is 1. The van der Waals surface area contributed by atoms with Gasteiger partial charge in [-0.3, -0.25) is 0 Å². The highest BCUT2D eigenvalue weighted by Gasteiger charge is 2.12. The van der Waals surface area contributed by atoms with Gasteiger partial charge in [0.05, 0.1) is 11.1 Å². The van der Waals surface area contributed by atoms with Crippen LogP contribution in [0.3, 0.4) is 0 Å². The summed E-state index contributed by atoms with van der Waals surface area (Å²) in [6.07, 6.45) is 1.71. The third-order valence-electron chi connectivity index (χ3n) is 4.24. The Morgan fingerprint density at radius 2 is 1.64 bits per heavy atom. The molecule has 0 saturated heterocycles. The van der Waals surface area contributed by atoms with Crippen LogP contribution in [0.4, 0.5) is 5.95 Å². The lowest BCUT2D eigenvalue weighted by atomic mass is 10.2. The highest BCUT2D eigenvalue weighted by Crippen LogP contribution is 2.21. The van der Waals surface area contributed by atoms with Crippen molar-refractivity contribution in [1.82, 2.24) is 14.5 Å². The third kappa shape index (κ3) is 4.26. The molecule has 1 aromatic carbocycles. The van der Waals surface area contributed by atoms with Gasteiger partial charge in [-0.05, 0) is 64.1 Å². The van der Waals surface area contributed by atoms with Gasteiger partial charge < -0.3 is 4.57 Å². The molecule has 146 valence electrons. The fraction of sp³-hybridized carbons (Fsp3) is 0.211. The van der Waals surface area contributed by atoms with Crippen molar-refractivity contribution < 1.29 is 8.42 Å². The van der Waals surface area contributed by atoms with Crippen LogP contribution < -0.4 is 10.6 Å². The summed E-state index contributed by atoms with van der Waals surface area (Å²) in [6, 6.07) is 10.3. The van der Waals surface area contributed by atoms with Gasteiger partial charge in [0, 0.05) is 34.0 Å². The molecule has 28 heavy (non-hydrogen) atoms.